The third-order valence-corrected chi connectivity index (χ3v) is 4.26. The molecule has 1 aliphatic carbocycles. The van der Waals surface area contributed by atoms with E-state index in [4.69, 9.17) is 4.74 Å². The van der Waals surface area contributed by atoms with E-state index in [1.165, 1.54) is 0 Å². The van der Waals surface area contributed by atoms with Crippen LogP contribution in [0.1, 0.15) is 35.6 Å². The fourth-order valence-corrected chi connectivity index (χ4v) is 3.19. The van der Waals surface area contributed by atoms with Crippen molar-refractivity contribution in [3.05, 3.63) is 59.3 Å². The molecule has 0 saturated carbocycles. The average molecular weight is 289 g/mol. The lowest BCUT2D eigenvalue weighted by molar-refractivity contribution is 0.183. The van der Waals surface area contributed by atoms with Crippen LogP contribution in [0, 0.1) is 11.3 Å². The fourth-order valence-electron chi connectivity index (χ4n) is 3.19. The van der Waals surface area contributed by atoms with Gasteiger partial charge in [0.15, 0.2) is 0 Å². The molecule has 1 heterocycles. The predicted molar refractivity (Wildman–Crippen MR) is 83.6 cm³/mol. The van der Waals surface area contributed by atoms with Gasteiger partial charge in [-0.1, -0.05) is 12.1 Å². The Hall–Kier alpha value is -2.80. The molecular formula is C18H15N3O. The first-order valence-corrected chi connectivity index (χ1v) is 7.47. The summed E-state index contributed by atoms with van der Waals surface area (Å²) in [5.41, 5.74) is 4.04. The maximum absolute atomic E-state index is 9.26. The van der Waals surface area contributed by atoms with Crippen LogP contribution < -0.4 is 4.74 Å². The molecule has 22 heavy (non-hydrogen) atoms. The van der Waals surface area contributed by atoms with Crippen molar-refractivity contribution in [3.63, 3.8) is 0 Å². The lowest BCUT2D eigenvalue weighted by Crippen LogP contribution is -2.16. The Bertz CT molecular complexity index is 875. The summed E-state index contributed by atoms with van der Waals surface area (Å²) >= 11 is 0. The Morgan fingerprint density at radius 3 is 3.14 bits per heavy atom. The van der Waals surface area contributed by atoms with Gasteiger partial charge < -0.3 is 4.74 Å². The normalized spacial score (nSPS) is 17.0. The number of rotatable bonds is 2. The standard InChI is InChI=1S/C18H15N3O/c19-10-12-3-1-5-16-15(12)4-2-6-18(16)22-14-8-7-13-11-20-21-17(13)9-14/h1,3,5,7-9,11,18H,2,4,6H2,(H,20,21). The number of aromatic amines is 1. The van der Waals surface area contributed by atoms with Crippen LogP contribution in [0.3, 0.4) is 0 Å². The van der Waals surface area contributed by atoms with Crippen LogP contribution in [0.25, 0.3) is 10.9 Å². The van der Waals surface area contributed by atoms with Crippen LogP contribution in [0.15, 0.2) is 42.6 Å². The van der Waals surface area contributed by atoms with Crippen LogP contribution in [0.5, 0.6) is 5.75 Å². The van der Waals surface area contributed by atoms with Gasteiger partial charge in [0.25, 0.3) is 0 Å². The number of benzene rings is 2. The third kappa shape index (κ3) is 2.11. The van der Waals surface area contributed by atoms with E-state index in [1.807, 2.05) is 30.3 Å². The van der Waals surface area contributed by atoms with Gasteiger partial charge in [-0.15, -0.1) is 0 Å². The molecular weight excluding hydrogens is 274 g/mol. The number of fused-ring (bicyclic) bond motifs is 2. The quantitative estimate of drug-likeness (QED) is 0.778. The molecule has 0 aliphatic heterocycles. The Labute approximate surface area is 128 Å². The van der Waals surface area contributed by atoms with Gasteiger partial charge in [0.1, 0.15) is 11.9 Å². The van der Waals surface area contributed by atoms with Crippen LogP contribution in [-0.2, 0) is 6.42 Å². The highest BCUT2D eigenvalue weighted by Gasteiger charge is 2.23. The molecule has 4 heteroatoms. The molecule has 0 saturated heterocycles. The molecule has 4 rings (SSSR count). The number of hydrogen-bond donors (Lipinski definition) is 1. The Balaban J connectivity index is 1.68. The van der Waals surface area contributed by atoms with Crippen molar-refractivity contribution in [1.82, 2.24) is 10.2 Å². The molecule has 1 aromatic heterocycles. The molecule has 1 aliphatic rings. The molecule has 1 atom stereocenters. The second-order valence-electron chi connectivity index (χ2n) is 5.60. The molecule has 108 valence electrons. The summed E-state index contributed by atoms with van der Waals surface area (Å²) in [5, 5.41) is 17.3. The first kappa shape index (κ1) is 12.9. The largest absolute Gasteiger partial charge is 0.486 e. The summed E-state index contributed by atoms with van der Waals surface area (Å²) < 4.78 is 6.20. The van der Waals surface area contributed by atoms with Crippen LogP contribution >= 0.6 is 0 Å². The highest BCUT2D eigenvalue weighted by molar-refractivity contribution is 5.79. The van der Waals surface area contributed by atoms with Gasteiger partial charge in [0.2, 0.25) is 0 Å². The molecule has 1 unspecified atom stereocenters. The van der Waals surface area contributed by atoms with Crippen molar-refractivity contribution in [2.45, 2.75) is 25.4 Å². The topological polar surface area (TPSA) is 61.7 Å². The van der Waals surface area contributed by atoms with Crippen LogP contribution in [0.2, 0.25) is 0 Å². The number of nitriles is 1. The Kier molecular flexibility index (Phi) is 3.05. The third-order valence-electron chi connectivity index (χ3n) is 4.26. The average Bonchev–Trinajstić information content (AvgIpc) is 3.02. The number of hydrogen-bond acceptors (Lipinski definition) is 3. The minimum atomic E-state index is 0.0115. The molecule has 4 nitrogen and oxygen atoms in total. The molecule has 0 fully saturated rings. The van der Waals surface area contributed by atoms with Gasteiger partial charge in [-0.25, -0.2) is 0 Å². The summed E-state index contributed by atoms with van der Waals surface area (Å²) in [6.07, 6.45) is 4.79. The monoisotopic (exact) mass is 289 g/mol. The number of aromatic nitrogens is 2. The van der Waals surface area contributed by atoms with E-state index < -0.39 is 0 Å². The van der Waals surface area contributed by atoms with Crippen molar-refractivity contribution in [1.29, 1.82) is 5.26 Å². The molecule has 0 radical (unpaired) electrons. The van der Waals surface area contributed by atoms with Crippen LogP contribution in [0.4, 0.5) is 0 Å². The highest BCUT2D eigenvalue weighted by Crippen LogP contribution is 2.35. The Morgan fingerprint density at radius 1 is 1.27 bits per heavy atom. The molecule has 0 spiro atoms. The zero-order valence-electron chi connectivity index (χ0n) is 12.0. The summed E-state index contributed by atoms with van der Waals surface area (Å²) in [5.74, 6) is 0.831. The van der Waals surface area contributed by atoms with Gasteiger partial charge in [0, 0.05) is 11.5 Å². The molecule has 0 bridgehead atoms. The number of ether oxygens (including phenoxy) is 1. The second-order valence-corrected chi connectivity index (χ2v) is 5.60. The van der Waals surface area contributed by atoms with E-state index in [9.17, 15) is 5.26 Å². The first-order chi connectivity index (χ1) is 10.8. The molecule has 1 N–H and O–H groups in total. The molecule has 3 aromatic rings. The molecule has 2 aromatic carbocycles. The van der Waals surface area contributed by atoms with E-state index in [2.05, 4.69) is 22.3 Å². The maximum atomic E-state index is 9.26. The highest BCUT2D eigenvalue weighted by atomic mass is 16.5. The SMILES string of the molecule is N#Cc1cccc2c1CCCC2Oc1ccc2cn[nH]c2c1. The zero-order valence-corrected chi connectivity index (χ0v) is 12.0. The van der Waals surface area contributed by atoms with Gasteiger partial charge >= 0.3 is 0 Å². The van der Waals surface area contributed by atoms with Crippen molar-refractivity contribution < 1.29 is 4.74 Å². The fraction of sp³-hybridized carbons (Fsp3) is 0.222. The summed E-state index contributed by atoms with van der Waals surface area (Å²) in [4.78, 5) is 0. The number of nitrogens with one attached hydrogen (secondary N) is 1. The van der Waals surface area contributed by atoms with Crippen molar-refractivity contribution in [3.8, 4) is 11.8 Å². The smallest absolute Gasteiger partial charge is 0.124 e. The van der Waals surface area contributed by atoms with E-state index in [-0.39, 0.29) is 6.10 Å². The molecule has 0 amide bonds. The van der Waals surface area contributed by atoms with E-state index in [1.54, 1.807) is 6.20 Å². The van der Waals surface area contributed by atoms with Crippen LogP contribution in [-0.4, -0.2) is 10.2 Å². The van der Waals surface area contributed by atoms with Crippen molar-refractivity contribution >= 4 is 10.9 Å². The van der Waals surface area contributed by atoms with Gasteiger partial charge in [-0.2, -0.15) is 10.4 Å². The summed E-state index contributed by atoms with van der Waals surface area (Å²) in [6.45, 7) is 0. The van der Waals surface area contributed by atoms with E-state index >= 15 is 0 Å². The van der Waals surface area contributed by atoms with Crippen molar-refractivity contribution in [2.24, 2.45) is 0 Å². The van der Waals surface area contributed by atoms with Gasteiger partial charge in [0.05, 0.1) is 23.3 Å². The summed E-state index contributed by atoms with van der Waals surface area (Å²) in [6, 6.07) is 14.2. The number of nitrogens with zero attached hydrogens (tertiary/aromatic N) is 2. The predicted octanol–water partition coefficient (Wildman–Crippen LogP) is 3.89. The second kappa shape index (κ2) is 5.19. The minimum absolute atomic E-state index is 0.0115. The van der Waals surface area contributed by atoms with Gasteiger partial charge in [-0.3, -0.25) is 5.10 Å². The van der Waals surface area contributed by atoms with Gasteiger partial charge in [-0.05, 0) is 48.6 Å². The lowest BCUT2D eigenvalue weighted by Gasteiger charge is -2.27. The Morgan fingerprint density at radius 2 is 2.23 bits per heavy atom. The lowest BCUT2D eigenvalue weighted by atomic mass is 9.86. The zero-order chi connectivity index (χ0) is 14.9. The van der Waals surface area contributed by atoms with E-state index in [0.717, 1.165) is 52.6 Å². The van der Waals surface area contributed by atoms with Crippen molar-refractivity contribution in [2.75, 3.05) is 0 Å². The maximum Gasteiger partial charge on any atom is 0.124 e. The minimum Gasteiger partial charge on any atom is -0.486 e. The van der Waals surface area contributed by atoms with E-state index in [0.29, 0.717) is 0 Å². The summed E-state index contributed by atoms with van der Waals surface area (Å²) in [7, 11) is 0. The first-order valence-electron chi connectivity index (χ1n) is 7.47. The number of H-pyrrole nitrogens is 1.